The molecule has 1 aliphatic heterocycles. The van der Waals surface area contributed by atoms with Gasteiger partial charge in [0.1, 0.15) is 18.2 Å². The van der Waals surface area contributed by atoms with Crippen LogP contribution in [0, 0.1) is 0 Å². The van der Waals surface area contributed by atoms with E-state index in [1.807, 2.05) is 35.0 Å². The molecular weight excluding hydrogens is 475 g/mol. The van der Waals surface area contributed by atoms with E-state index >= 15 is 0 Å². The largest absolute Gasteiger partial charge is 0.493 e. The molecule has 0 atom stereocenters. The van der Waals surface area contributed by atoms with Gasteiger partial charge in [0.05, 0.1) is 28.2 Å². The first kappa shape index (κ1) is 22.5. The van der Waals surface area contributed by atoms with Crippen molar-refractivity contribution in [1.29, 1.82) is 0 Å². The van der Waals surface area contributed by atoms with Crippen molar-refractivity contribution in [2.75, 3.05) is 20.2 Å². The summed E-state index contributed by atoms with van der Waals surface area (Å²) in [5, 5.41) is 2.65. The maximum absolute atomic E-state index is 11.9. The number of aromatic nitrogens is 3. The van der Waals surface area contributed by atoms with Crippen molar-refractivity contribution in [2.24, 2.45) is 0 Å². The molecule has 3 heterocycles. The number of likely N-dealkylation sites (tertiary alicyclic amines) is 1. The van der Waals surface area contributed by atoms with Gasteiger partial charge >= 0.3 is 0 Å². The normalized spacial score (nSPS) is 14.5. The fraction of sp³-hybridized carbons (Fsp3) is 0.240. The lowest BCUT2D eigenvalue weighted by molar-refractivity contribution is -0.127. The zero-order chi connectivity index (χ0) is 23.8. The zero-order valence-electron chi connectivity index (χ0n) is 18.5. The molecule has 0 spiro atoms. The van der Waals surface area contributed by atoms with Gasteiger partial charge in [-0.2, -0.15) is 0 Å². The average Bonchev–Trinajstić information content (AvgIpc) is 3.30. The number of methoxy groups -OCH3 is 1. The van der Waals surface area contributed by atoms with Gasteiger partial charge in [-0.15, -0.1) is 0 Å². The van der Waals surface area contributed by atoms with Crippen LogP contribution in [-0.4, -0.2) is 51.6 Å². The standard InChI is InChI=1S/C25H22Cl2N4O3/c1-3-23(32)30-9-6-15(7-10-30)34-22-12-17-19(13-21(22)33-2)28-14-29-25(17)31-11-8-16-20(31)5-4-18(26)24(16)27/h3-5,8,11-15H,1,6-7,9-10H2,2H3. The number of benzene rings is 2. The number of nitrogens with zero attached hydrogens (tertiary/aromatic N) is 4. The number of hydrogen-bond acceptors (Lipinski definition) is 5. The summed E-state index contributed by atoms with van der Waals surface area (Å²) in [7, 11) is 1.60. The van der Waals surface area contributed by atoms with E-state index in [-0.39, 0.29) is 12.0 Å². The van der Waals surface area contributed by atoms with E-state index in [0.717, 1.165) is 34.6 Å². The minimum absolute atomic E-state index is 0.0401. The SMILES string of the molecule is C=CC(=O)N1CCC(Oc2cc3c(-n4ccc5c(Cl)c(Cl)ccc54)ncnc3cc2OC)CC1. The van der Waals surface area contributed by atoms with E-state index in [1.165, 1.54) is 12.4 Å². The second-order valence-electron chi connectivity index (χ2n) is 8.04. The molecule has 0 saturated carbocycles. The second-order valence-corrected chi connectivity index (χ2v) is 8.83. The van der Waals surface area contributed by atoms with Crippen LogP contribution in [0.1, 0.15) is 12.8 Å². The molecule has 34 heavy (non-hydrogen) atoms. The molecule has 5 rings (SSSR count). The first-order valence-electron chi connectivity index (χ1n) is 10.9. The summed E-state index contributed by atoms with van der Waals surface area (Å²) in [6.07, 6.45) is 6.18. The van der Waals surface area contributed by atoms with Gasteiger partial charge in [0.25, 0.3) is 0 Å². The molecule has 4 aromatic rings. The van der Waals surface area contributed by atoms with Crippen molar-refractivity contribution in [3.8, 4) is 17.3 Å². The minimum Gasteiger partial charge on any atom is -0.493 e. The Kier molecular flexibility index (Phi) is 6.06. The topological polar surface area (TPSA) is 69.5 Å². The van der Waals surface area contributed by atoms with E-state index in [0.29, 0.717) is 40.5 Å². The fourth-order valence-electron chi connectivity index (χ4n) is 4.34. The van der Waals surface area contributed by atoms with Crippen LogP contribution >= 0.6 is 23.2 Å². The van der Waals surface area contributed by atoms with Gasteiger partial charge in [-0.3, -0.25) is 4.79 Å². The Labute approximate surface area is 206 Å². The van der Waals surface area contributed by atoms with Crippen molar-refractivity contribution in [1.82, 2.24) is 19.4 Å². The van der Waals surface area contributed by atoms with Gasteiger partial charge < -0.3 is 18.9 Å². The third-order valence-corrected chi connectivity index (χ3v) is 6.93. The molecule has 0 unspecified atom stereocenters. The molecule has 1 fully saturated rings. The van der Waals surface area contributed by atoms with Crippen LogP contribution < -0.4 is 9.47 Å². The van der Waals surface area contributed by atoms with Crippen LogP contribution in [0.2, 0.25) is 10.0 Å². The van der Waals surface area contributed by atoms with Gasteiger partial charge in [-0.05, 0) is 30.3 Å². The van der Waals surface area contributed by atoms with E-state index in [9.17, 15) is 4.79 Å². The lowest BCUT2D eigenvalue weighted by Gasteiger charge is -2.31. The Balaban J connectivity index is 1.53. The number of carbonyl (C=O) groups is 1. The molecule has 0 aliphatic carbocycles. The molecule has 0 N–H and O–H groups in total. The third-order valence-electron chi connectivity index (χ3n) is 6.11. The summed E-state index contributed by atoms with van der Waals surface area (Å²) in [5.41, 5.74) is 1.61. The molecule has 1 saturated heterocycles. The van der Waals surface area contributed by atoms with Crippen molar-refractivity contribution < 1.29 is 14.3 Å². The van der Waals surface area contributed by atoms with Gasteiger partial charge in [0.2, 0.25) is 5.91 Å². The van der Waals surface area contributed by atoms with Crippen molar-refractivity contribution in [2.45, 2.75) is 18.9 Å². The highest BCUT2D eigenvalue weighted by Gasteiger charge is 2.24. The second kappa shape index (κ2) is 9.16. The smallest absolute Gasteiger partial charge is 0.245 e. The van der Waals surface area contributed by atoms with Crippen LogP contribution in [-0.2, 0) is 4.79 Å². The van der Waals surface area contributed by atoms with E-state index in [4.69, 9.17) is 32.7 Å². The number of ether oxygens (including phenoxy) is 2. The molecule has 0 radical (unpaired) electrons. The molecule has 2 aromatic heterocycles. The van der Waals surface area contributed by atoms with Crippen molar-refractivity contribution in [3.63, 3.8) is 0 Å². The number of carbonyl (C=O) groups excluding carboxylic acids is 1. The summed E-state index contributed by atoms with van der Waals surface area (Å²) < 4.78 is 13.9. The number of hydrogen-bond donors (Lipinski definition) is 0. The van der Waals surface area contributed by atoms with Gasteiger partial charge in [-0.1, -0.05) is 29.8 Å². The first-order valence-corrected chi connectivity index (χ1v) is 11.6. The van der Waals surface area contributed by atoms with E-state index in [1.54, 1.807) is 18.1 Å². The molecule has 1 amide bonds. The number of amides is 1. The predicted molar refractivity (Wildman–Crippen MR) is 133 cm³/mol. The molecular formula is C25H22Cl2N4O3. The Morgan fingerprint density at radius 3 is 2.65 bits per heavy atom. The maximum atomic E-state index is 11.9. The molecule has 1 aliphatic rings. The highest BCUT2D eigenvalue weighted by atomic mass is 35.5. The average molecular weight is 497 g/mol. The van der Waals surface area contributed by atoms with Crippen LogP contribution in [0.5, 0.6) is 11.5 Å². The lowest BCUT2D eigenvalue weighted by atomic mass is 10.1. The summed E-state index contributed by atoms with van der Waals surface area (Å²) >= 11 is 12.6. The fourth-order valence-corrected chi connectivity index (χ4v) is 4.72. The Bertz CT molecular complexity index is 1410. The predicted octanol–water partition coefficient (Wildman–Crippen LogP) is 5.44. The monoisotopic (exact) mass is 496 g/mol. The lowest BCUT2D eigenvalue weighted by Crippen LogP contribution is -2.41. The van der Waals surface area contributed by atoms with Crippen LogP contribution in [0.4, 0.5) is 0 Å². The van der Waals surface area contributed by atoms with Crippen LogP contribution in [0.3, 0.4) is 0 Å². The molecule has 2 aromatic carbocycles. The van der Waals surface area contributed by atoms with E-state index in [2.05, 4.69) is 16.5 Å². The summed E-state index contributed by atoms with van der Waals surface area (Å²) in [6, 6.07) is 9.36. The van der Waals surface area contributed by atoms with Gasteiger partial charge in [0.15, 0.2) is 11.5 Å². The van der Waals surface area contributed by atoms with Crippen LogP contribution in [0.15, 0.2) is 55.5 Å². The third kappa shape index (κ3) is 3.95. The summed E-state index contributed by atoms with van der Waals surface area (Å²) in [4.78, 5) is 22.7. The Morgan fingerprint density at radius 1 is 1.12 bits per heavy atom. The van der Waals surface area contributed by atoms with Crippen LogP contribution in [0.25, 0.3) is 27.6 Å². The van der Waals surface area contributed by atoms with Crippen molar-refractivity contribution >= 4 is 50.9 Å². The summed E-state index contributed by atoms with van der Waals surface area (Å²) in [6.45, 7) is 4.81. The Hall–Kier alpha value is -3.29. The first-order chi connectivity index (χ1) is 16.5. The minimum atomic E-state index is -0.0520. The quantitative estimate of drug-likeness (QED) is 0.343. The molecule has 0 bridgehead atoms. The number of piperidine rings is 1. The van der Waals surface area contributed by atoms with Gasteiger partial charge in [-0.25, -0.2) is 9.97 Å². The number of rotatable bonds is 5. The highest BCUT2D eigenvalue weighted by Crippen LogP contribution is 2.37. The van der Waals surface area contributed by atoms with Crippen molar-refractivity contribution in [3.05, 3.63) is 65.6 Å². The molecule has 9 heteroatoms. The Morgan fingerprint density at radius 2 is 1.91 bits per heavy atom. The maximum Gasteiger partial charge on any atom is 0.245 e. The van der Waals surface area contributed by atoms with E-state index < -0.39 is 0 Å². The zero-order valence-corrected chi connectivity index (χ0v) is 20.0. The van der Waals surface area contributed by atoms with Gasteiger partial charge in [0, 0.05) is 49.0 Å². The molecule has 174 valence electrons. The number of halogens is 2. The molecule has 7 nitrogen and oxygen atoms in total. The number of fused-ring (bicyclic) bond motifs is 2. The highest BCUT2D eigenvalue weighted by molar-refractivity contribution is 6.45. The summed E-state index contributed by atoms with van der Waals surface area (Å²) in [5.74, 6) is 1.84.